The van der Waals surface area contributed by atoms with Crippen molar-refractivity contribution >= 4 is 29.1 Å². The van der Waals surface area contributed by atoms with Crippen LogP contribution in [0.15, 0.2) is 48.8 Å². The maximum absolute atomic E-state index is 13.0. The molecule has 1 saturated heterocycles. The zero-order chi connectivity index (χ0) is 21.5. The van der Waals surface area contributed by atoms with Gasteiger partial charge in [-0.05, 0) is 48.7 Å². The minimum Gasteiger partial charge on any atom is -0.454 e. The minimum absolute atomic E-state index is 0.0448. The van der Waals surface area contributed by atoms with Crippen LogP contribution in [0.5, 0.6) is 11.5 Å². The van der Waals surface area contributed by atoms with Gasteiger partial charge in [0.2, 0.25) is 12.7 Å². The first-order chi connectivity index (χ1) is 15.0. The maximum Gasteiger partial charge on any atom is 0.251 e. The van der Waals surface area contributed by atoms with E-state index < -0.39 is 0 Å². The molecular formula is C22H21ClN4O4. The summed E-state index contributed by atoms with van der Waals surface area (Å²) in [6.45, 7) is 2.04. The van der Waals surface area contributed by atoms with E-state index in [1.54, 1.807) is 29.5 Å². The van der Waals surface area contributed by atoms with Crippen LogP contribution in [0, 0.1) is 6.92 Å². The molecule has 160 valence electrons. The van der Waals surface area contributed by atoms with E-state index in [2.05, 4.69) is 10.7 Å². The predicted molar refractivity (Wildman–Crippen MR) is 114 cm³/mol. The number of hydrogen-bond acceptors (Lipinski definition) is 6. The highest BCUT2D eigenvalue weighted by molar-refractivity contribution is 6.31. The number of halogens is 1. The Morgan fingerprint density at radius 3 is 2.87 bits per heavy atom. The summed E-state index contributed by atoms with van der Waals surface area (Å²) in [7, 11) is 0. The second-order valence-electron chi connectivity index (χ2n) is 7.73. The lowest BCUT2D eigenvalue weighted by molar-refractivity contribution is -0.137. The molecule has 0 saturated carbocycles. The Hall–Kier alpha value is -3.23. The number of fused-ring (bicyclic) bond motifs is 2. The van der Waals surface area contributed by atoms with E-state index in [0.29, 0.717) is 22.9 Å². The first kappa shape index (κ1) is 19.7. The molecule has 3 heterocycles. The van der Waals surface area contributed by atoms with Gasteiger partial charge in [-0.15, -0.1) is 0 Å². The van der Waals surface area contributed by atoms with Gasteiger partial charge in [0.15, 0.2) is 11.5 Å². The molecule has 0 aromatic heterocycles. The normalized spacial score (nSPS) is 21.4. The molecule has 2 aromatic carbocycles. The molecule has 3 aliphatic rings. The van der Waals surface area contributed by atoms with E-state index in [-0.39, 0.29) is 37.2 Å². The Kier molecular flexibility index (Phi) is 4.95. The average molecular weight is 441 g/mol. The fraction of sp³-hybridized carbons (Fsp3) is 0.273. The van der Waals surface area contributed by atoms with Crippen LogP contribution in [-0.4, -0.2) is 41.1 Å². The molecule has 2 amide bonds. The Labute approximate surface area is 184 Å². The number of hydrogen-bond donors (Lipinski definition) is 2. The molecule has 9 heteroatoms. The summed E-state index contributed by atoms with van der Waals surface area (Å²) in [5, 5.41) is 5.16. The predicted octanol–water partition coefficient (Wildman–Crippen LogP) is 2.95. The van der Waals surface area contributed by atoms with Crippen molar-refractivity contribution in [2.75, 3.05) is 18.7 Å². The number of anilines is 1. The number of rotatable bonds is 4. The van der Waals surface area contributed by atoms with Crippen LogP contribution in [0.1, 0.15) is 23.6 Å². The zero-order valence-electron chi connectivity index (χ0n) is 16.8. The number of aryl methyl sites for hydroxylation is 1. The minimum atomic E-state index is -0.387. The van der Waals surface area contributed by atoms with Crippen molar-refractivity contribution in [1.82, 2.24) is 15.3 Å². The fourth-order valence-corrected chi connectivity index (χ4v) is 4.12. The van der Waals surface area contributed by atoms with Gasteiger partial charge in [0.1, 0.15) is 12.6 Å². The van der Waals surface area contributed by atoms with Crippen LogP contribution in [0.25, 0.3) is 0 Å². The molecule has 3 aliphatic heterocycles. The molecule has 2 atom stereocenters. The van der Waals surface area contributed by atoms with Crippen molar-refractivity contribution < 1.29 is 19.1 Å². The molecule has 8 nitrogen and oxygen atoms in total. The number of nitrogens with one attached hydrogen (secondary N) is 2. The summed E-state index contributed by atoms with van der Waals surface area (Å²) in [6, 6.07) is 10.7. The van der Waals surface area contributed by atoms with Gasteiger partial charge in [-0.2, -0.15) is 0 Å². The van der Waals surface area contributed by atoms with Gasteiger partial charge in [-0.1, -0.05) is 23.7 Å². The van der Waals surface area contributed by atoms with E-state index in [9.17, 15) is 9.59 Å². The molecule has 5 rings (SSSR count). The van der Waals surface area contributed by atoms with Gasteiger partial charge in [0.05, 0.1) is 6.04 Å². The number of hydrazine groups is 1. The summed E-state index contributed by atoms with van der Waals surface area (Å²) < 4.78 is 10.8. The topological polar surface area (TPSA) is 83.1 Å². The molecule has 0 spiro atoms. The number of amides is 2. The van der Waals surface area contributed by atoms with Crippen molar-refractivity contribution in [3.8, 4) is 11.5 Å². The van der Waals surface area contributed by atoms with E-state index in [1.165, 1.54) is 4.90 Å². The van der Waals surface area contributed by atoms with E-state index in [4.69, 9.17) is 21.1 Å². The third kappa shape index (κ3) is 3.80. The lowest BCUT2D eigenvalue weighted by atomic mass is 10.0. The van der Waals surface area contributed by atoms with Crippen molar-refractivity contribution in [2.45, 2.75) is 25.4 Å². The zero-order valence-corrected chi connectivity index (χ0v) is 17.6. The summed E-state index contributed by atoms with van der Waals surface area (Å²) in [6.07, 6.45) is 3.99. The number of carbonyl (C=O) groups excluding carboxylic acids is 2. The van der Waals surface area contributed by atoms with Gasteiger partial charge < -0.3 is 24.7 Å². The number of carbonyl (C=O) groups is 2. The Morgan fingerprint density at radius 1 is 1.19 bits per heavy atom. The SMILES string of the molecule is Cc1ccc(NC(=O)CN2C=CN3NC(c4ccc5c(c4)OCO5)CC3C2=O)cc1Cl. The van der Waals surface area contributed by atoms with Crippen LogP contribution in [-0.2, 0) is 9.59 Å². The van der Waals surface area contributed by atoms with Gasteiger partial charge >= 0.3 is 0 Å². The molecule has 2 unspecified atom stereocenters. The van der Waals surface area contributed by atoms with Crippen molar-refractivity contribution in [3.05, 3.63) is 64.9 Å². The van der Waals surface area contributed by atoms with Gasteiger partial charge in [-0.25, -0.2) is 5.43 Å². The third-order valence-corrected chi connectivity index (χ3v) is 6.05. The smallest absolute Gasteiger partial charge is 0.251 e. The summed E-state index contributed by atoms with van der Waals surface area (Å²) in [4.78, 5) is 26.9. The highest BCUT2D eigenvalue weighted by atomic mass is 35.5. The quantitative estimate of drug-likeness (QED) is 0.760. The van der Waals surface area contributed by atoms with Gasteiger partial charge in [0.25, 0.3) is 5.91 Å². The summed E-state index contributed by atoms with van der Waals surface area (Å²) in [5.74, 6) is 1.02. The van der Waals surface area contributed by atoms with E-state index in [1.807, 2.05) is 31.2 Å². The standard InChI is InChI=1S/C22H21ClN4O4/c1-13-2-4-15(9-16(13)23)24-21(28)11-26-6-7-27-18(22(26)29)10-17(25-27)14-3-5-19-20(8-14)31-12-30-19/h2-9,17-18,25H,10-12H2,1H3,(H,24,28). The molecular weight excluding hydrogens is 420 g/mol. The fourth-order valence-electron chi connectivity index (χ4n) is 3.94. The lowest BCUT2D eigenvalue weighted by Gasteiger charge is -2.31. The molecule has 1 fully saturated rings. The molecule has 31 heavy (non-hydrogen) atoms. The number of nitrogens with zero attached hydrogens (tertiary/aromatic N) is 2. The molecule has 2 N–H and O–H groups in total. The molecule has 0 aliphatic carbocycles. The first-order valence-electron chi connectivity index (χ1n) is 9.97. The average Bonchev–Trinajstić information content (AvgIpc) is 3.39. The second-order valence-corrected chi connectivity index (χ2v) is 8.14. The second kappa shape index (κ2) is 7.79. The highest BCUT2D eigenvalue weighted by Gasteiger charge is 2.40. The van der Waals surface area contributed by atoms with Crippen LogP contribution in [0.2, 0.25) is 5.02 Å². The van der Waals surface area contributed by atoms with Crippen LogP contribution >= 0.6 is 11.6 Å². The highest BCUT2D eigenvalue weighted by Crippen LogP contribution is 2.37. The van der Waals surface area contributed by atoms with Crippen molar-refractivity contribution in [1.29, 1.82) is 0 Å². The van der Waals surface area contributed by atoms with Crippen LogP contribution in [0.3, 0.4) is 0 Å². The Morgan fingerprint density at radius 2 is 2.03 bits per heavy atom. The van der Waals surface area contributed by atoms with E-state index in [0.717, 1.165) is 16.9 Å². The number of benzene rings is 2. The van der Waals surface area contributed by atoms with Crippen LogP contribution in [0.4, 0.5) is 5.69 Å². The molecule has 2 aromatic rings. The van der Waals surface area contributed by atoms with Crippen LogP contribution < -0.4 is 20.2 Å². The Bertz CT molecular complexity index is 1090. The maximum atomic E-state index is 13.0. The Balaban J connectivity index is 1.23. The molecule has 0 bridgehead atoms. The lowest BCUT2D eigenvalue weighted by Crippen LogP contribution is -2.49. The van der Waals surface area contributed by atoms with Gasteiger partial charge in [-0.3, -0.25) is 9.59 Å². The largest absolute Gasteiger partial charge is 0.454 e. The monoisotopic (exact) mass is 440 g/mol. The van der Waals surface area contributed by atoms with Gasteiger partial charge in [0, 0.05) is 23.1 Å². The number of ether oxygens (including phenoxy) is 2. The summed E-state index contributed by atoms with van der Waals surface area (Å²) in [5.41, 5.74) is 5.89. The first-order valence-corrected chi connectivity index (χ1v) is 10.3. The third-order valence-electron chi connectivity index (χ3n) is 5.64. The van der Waals surface area contributed by atoms with Crippen molar-refractivity contribution in [2.24, 2.45) is 0 Å². The molecule has 0 radical (unpaired) electrons. The van der Waals surface area contributed by atoms with E-state index >= 15 is 0 Å². The summed E-state index contributed by atoms with van der Waals surface area (Å²) >= 11 is 6.11. The van der Waals surface area contributed by atoms with Crippen molar-refractivity contribution in [3.63, 3.8) is 0 Å².